The molecule has 26 heavy (non-hydrogen) atoms. The lowest BCUT2D eigenvalue weighted by Gasteiger charge is -2.37. The fraction of sp³-hybridized carbons (Fsp3) is 1.00. The Hall–Kier alpha value is -0.160. The first-order chi connectivity index (χ1) is 12.7. The molecule has 2 saturated heterocycles. The van der Waals surface area contributed by atoms with Gasteiger partial charge in [0.15, 0.2) is 0 Å². The molecule has 4 heteroatoms. The Morgan fingerprint density at radius 2 is 1.46 bits per heavy atom. The van der Waals surface area contributed by atoms with Crippen LogP contribution in [0.25, 0.3) is 0 Å². The molecule has 0 radical (unpaired) electrons. The van der Waals surface area contributed by atoms with E-state index in [0.29, 0.717) is 18.2 Å². The molecule has 0 aromatic rings. The van der Waals surface area contributed by atoms with Crippen molar-refractivity contribution >= 4 is 0 Å². The minimum absolute atomic E-state index is 0.530. The first kappa shape index (κ1) is 19.2. The molecule has 6 unspecified atom stereocenters. The maximum Gasteiger partial charge on any atom is 0.0582 e. The Balaban J connectivity index is 1.38. The van der Waals surface area contributed by atoms with Gasteiger partial charge in [-0.25, -0.2) is 5.01 Å². The topological polar surface area (TPSA) is 36.5 Å². The van der Waals surface area contributed by atoms with Gasteiger partial charge in [0.1, 0.15) is 0 Å². The molecule has 0 spiro atoms. The van der Waals surface area contributed by atoms with Crippen molar-refractivity contribution in [1.29, 1.82) is 0 Å². The summed E-state index contributed by atoms with van der Waals surface area (Å²) in [6.07, 6.45) is 15.9. The Labute approximate surface area is 160 Å². The van der Waals surface area contributed by atoms with Gasteiger partial charge in [-0.15, -0.1) is 0 Å². The van der Waals surface area contributed by atoms with Gasteiger partial charge in [0.2, 0.25) is 0 Å². The molecule has 4 aliphatic rings. The summed E-state index contributed by atoms with van der Waals surface area (Å²) in [6.45, 7) is 7.26. The highest BCUT2D eigenvalue weighted by Crippen LogP contribution is 2.34. The van der Waals surface area contributed by atoms with Gasteiger partial charge in [-0.2, -0.15) is 0 Å². The van der Waals surface area contributed by atoms with Gasteiger partial charge in [0, 0.05) is 25.7 Å². The van der Waals surface area contributed by atoms with E-state index in [9.17, 15) is 0 Å². The molecule has 2 saturated carbocycles. The van der Waals surface area contributed by atoms with Gasteiger partial charge in [-0.1, -0.05) is 19.3 Å². The van der Waals surface area contributed by atoms with Crippen molar-refractivity contribution in [3.8, 4) is 0 Å². The Morgan fingerprint density at radius 3 is 2.31 bits per heavy atom. The van der Waals surface area contributed by atoms with Gasteiger partial charge in [-0.05, 0) is 82.6 Å². The highest BCUT2D eigenvalue weighted by Gasteiger charge is 2.31. The van der Waals surface area contributed by atoms with Crippen LogP contribution in [0.15, 0.2) is 0 Å². The zero-order valence-corrected chi connectivity index (χ0v) is 16.9. The van der Waals surface area contributed by atoms with Gasteiger partial charge >= 0.3 is 0 Å². The van der Waals surface area contributed by atoms with Gasteiger partial charge in [0.05, 0.1) is 12.2 Å². The van der Waals surface area contributed by atoms with E-state index in [-0.39, 0.29) is 0 Å². The van der Waals surface area contributed by atoms with E-state index in [1.165, 1.54) is 96.8 Å². The summed E-state index contributed by atoms with van der Waals surface area (Å²) in [7, 11) is 0. The maximum absolute atomic E-state index is 6.67. The second-order valence-electron chi connectivity index (χ2n) is 9.81. The van der Waals surface area contributed by atoms with Crippen LogP contribution in [0.1, 0.15) is 77.6 Å². The fourth-order valence-electron chi connectivity index (χ4n) is 6.05. The normalized spacial score (nSPS) is 45.8. The van der Waals surface area contributed by atoms with E-state index in [1.54, 1.807) is 0 Å². The van der Waals surface area contributed by atoms with E-state index >= 15 is 0 Å². The number of hydrazine groups is 1. The number of hydrogen-bond donors (Lipinski definition) is 2. The Morgan fingerprint density at radius 1 is 0.769 bits per heavy atom. The largest absolute Gasteiger partial charge is 0.375 e. The number of nitrogens with zero attached hydrogens (tertiary/aromatic N) is 1. The van der Waals surface area contributed by atoms with Crippen molar-refractivity contribution in [1.82, 2.24) is 15.8 Å². The summed E-state index contributed by atoms with van der Waals surface area (Å²) >= 11 is 0. The van der Waals surface area contributed by atoms with Crippen molar-refractivity contribution in [2.24, 2.45) is 17.8 Å². The molecule has 4 nitrogen and oxygen atoms in total. The maximum atomic E-state index is 6.67. The smallest absolute Gasteiger partial charge is 0.0582 e. The average molecular weight is 364 g/mol. The van der Waals surface area contributed by atoms with Crippen molar-refractivity contribution in [2.45, 2.75) is 95.8 Å². The SMILES string of the molecule is C[C@H]1CC2CCCC(C2)OC2CCCC(C2)CN2CC(CCCN1)CN2. The minimum atomic E-state index is 0.530. The summed E-state index contributed by atoms with van der Waals surface area (Å²) in [4.78, 5) is 0. The summed E-state index contributed by atoms with van der Waals surface area (Å²) in [5.41, 5.74) is 3.68. The minimum Gasteiger partial charge on any atom is -0.375 e. The van der Waals surface area contributed by atoms with Crippen LogP contribution >= 0.6 is 0 Å². The van der Waals surface area contributed by atoms with E-state index in [4.69, 9.17) is 4.74 Å². The molecule has 150 valence electrons. The predicted molar refractivity (Wildman–Crippen MR) is 107 cm³/mol. The molecule has 0 aromatic carbocycles. The third-order valence-electron chi connectivity index (χ3n) is 7.38. The second-order valence-corrected chi connectivity index (χ2v) is 9.81. The highest BCUT2D eigenvalue weighted by atomic mass is 16.5. The van der Waals surface area contributed by atoms with Crippen LogP contribution in [0.4, 0.5) is 0 Å². The zero-order valence-electron chi connectivity index (χ0n) is 16.9. The van der Waals surface area contributed by atoms with Crippen molar-refractivity contribution in [2.75, 3.05) is 26.2 Å². The molecule has 2 N–H and O–H groups in total. The zero-order chi connectivity index (χ0) is 17.8. The van der Waals surface area contributed by atoms with Crippen LogP contribution in [0.5, 0.6) is 0 Å². The summed E-state index contributed by atoms with van der Waals surface area (Å²) < 4.78 is 6.67. The summed E-state index contributed by atoms with van der Waals surface area (Å²) in [5.74, 6) is 2.55. The lowest BCUT2D eigenvalue weighted by Crippen LogP contribution is -2.39. The number of fused-ring (bicyclic) bond motifs is 6. The Bertz CT molecular complexity index is 432. The highest BCUT2D eigenvalue weighted by molar-refractivity contribution is 4.83. The van der Waals surface area contributed by atoms with Gasteiger partial charge < -0.3 is 10.1 Å². The molecule has 2 aliphatic heterocycles. The quantitative estimate of drug-likeness (QED) is 0.688. The second kappa shape index (κ2) is 9.36. The standard InChI is InChI=1S/C22H41N3O/c1-17-11-18-5-2-8-21(12-18)26-22-9-3-6-19(13-22)15-25-16-20(14-24-25)7-4-10-23-17/h17-24H,2-16H2,1H3/t17-,18?,19?,20?,21?,22?/m0/s1. The molecule has 0 aromatic heterocycles. The molecular weight excluding hydrogens is 322 g/mol. The molecule has 6 bridgehead atoms. The van der Waals surface area contributed by atoms with Crippen LogP contribution in [0.3, 0.4) is 0 Å². The van der Waals surface area contributed by atoms with Crippen LogP contribution in [-0.4, -0.2) is 49.4 Å². The summed E-state index contributed by atoms with van der Waals surface area (Å²) in [5, 5.41) is 6.33. The van der Waals surface area contributed by atoms with Crippen LogP contribution in [0, 0.1) is 17.8 Å². The monoisotopic (exact) mass is 363 g/mol. The van der Waals surface area contributed by atoms with Crippen LogP contribution in [-0.2, 0) is 4.74 Å². The van der Waals surface area contributed by atoms with E-state index < -0.39 is 0 Å². The molecule has 4 fully saturated rings. The molecule has 7 atom stereocenters. The summed E-state index contributed by atoms with van der Waals surface area (Å²) in [6, 6.07) is 0.659. The van der Waals surface area contributed by atoms with Crippen LogP contribution < -0.4 is 10.7 Å². The van der Waals surface area contributed by atoms with E-state index in [2.05, 4.69) is 22.7 Å². The van der Waals surface area contributed by atoms with Gasteiger partial charge in [-0.3, -0.25) is 5.43 Å². The lowest BCUT2D eigenvalue weighted by atomic mass is 9.82. The first-order valence-corrected chi connectivity index (χ1v) is 11.6. The molecular formula is C22H41N3O. The van der Waals surface area contributed by atoms with Gasteiger partial charge in [0.25, 0.3) is 0 Å². The van der Waals surface area contributed by atoms with Crippen molar-refractivity contribution < 1.29 is 4.74 Å². The number of nitrogens with one attached hydrogen (secondary N) is 2. The van der Waals surface area contributed by atoms with E-state index in [0.717, 1.165) is 17.8 Å². The molecule has 2 aliphatic carbocycles. The average Bonchev–Trinajstić information content (AvgIpc) is 3.06. The van der Waals surface area contributed by atoms with E-state index in [1.807, 2.05) is 0 Å². The van der Waals surface area contributed by atoms with Crippen LogP contribution in [0.2, 0.25) is 0 Å². The number of hydrogen-bond acceptors (Lipinski definition) is 4. The Kier molecular flexibility index (Phi) is 6.90. The third-order valence-corrected chi connectivity index (χ3v) is 7.38. The lowest BCUT2D eigenvalue weighted by molar-refractivity contribution is -0.0662. The van der Waals surface area contributed by atoms with Crippen molar-refractivity contribution in [3.05, 3.63) is 0 Å². The third kappa shape index (κ3) is 5.43. The number of ether oxygens (including phenoxy) is 1. The van der Waals surface area contributed by atoms with Crippen molar-refractivity contribution in [3.63, 3.8) is 0 Å². The molecule has 2 heterocycles. The molecule has 0 amide bonds. The fourth-order valence-corrected chi connectivity index (χ4v) is 6.05. The number of rotatable bonds is 0. The predicted octanol–water partition coefficient (Wildman–Crippen LogP) is 3.72. The first-order valence-electron chi connectivity index (χ1n) is 11.6. The molecule has 4 rings (SSSR count).